The van der Waals surface area contributed by atoms with Gasteiger partial charge in [-0.15, -0.1) is 10.2 Å². The van der Waals surface area contributed by atoms with Crippen LogP contribution in [0.1, 0.15) is 5.69 Å². The molecule has 0 aliphatic heterocycles. The first-order valence-electron chi connectivity index (χ1n) is 5.38. The van der Waals surface area contributed by atoms with Crippen molar-refractivity contribution in [1.82, 2.24) is 20.4 Å². The number of nitrogen functional groups attached to an aromatic ring is 1. The van der Waals surface area contributed by atoms with Gasteiger partial charge in [-0.05, 0) is 30.7 Å². The second-order valence-electron chi connectivity index (χ2n) is 4.07. The summed E-state index contributed by atoms with van der Waals surface area (Å²) in [7, 11) is 0. The fraction of sp³-hybridized carbons (Fsp3) is 0.0833. The van der Waals surface area contributed by atoms with Gasteiger partial charge in [0.1, 0.15) is 11.3 Å². The summed E-state index contributed by atoms with van der Waals surface area (Å²) < 4.78 is 0. The molecule has 3 N–H and O–H groups in total. The molecule has 3 rings (SSSR count). The highest BCUT2D eigenvalue weighted by Gasteiger charge is 2.09. The third-order valence-corrected chi connectivity index (χ3v) is 3.09. The number of aromatic nitrogens is 4. The molecule has 0 saturated carbocycles. The van der Waals surface area contributed by atoms with Crippen LogP contribution in [0.25, 0.3) is 22.0 Å². The molecule has 0 bridgehead atoms. The molecular formula is C12H10ClN5. The average Bonchev–Trinajstić information content (AvgIpc) is 2.74. The lowest BCUT2D eigenvalue weighted by Crippen LogP contribution is -1.93. The molecule has 0 aliphatic rings. The molecule has 0 unspecified atom stereocenters. The number of hydrogen-bond acceptors (Lipinski definition) is 4. The molecule has 5 nitrogen and oxygen atoms in total. The highest BCUT2D eigenvalue weighted by atomic mass is 35.5. The van der Waals surface area contributed by atoms with E-state index >= 15 is 0 Å². The first-order chi connectivity index (χ1) is 8.65. The Morgan fingerprint density at radius 1 is 1.22 bits per heavy atom. The van der Waals surface area contributed by atoms with Gasteiger partial charge in [0, 0.05) is 16.6 Å². The Labute approximate surface area is 108 Å². The summed E-state index contributed by atoms with van der Waals surface area (Å²) in [4.78, 5) is 0. The van der Waals surface area contributed by atoms with Gasteiger partial charge in [-0.3, -0.25) is 5.10 Å². The molecule has 0 spiro atoms. The molecule has 1 aromatic carbocycles. The SMILES string of the molecule is Cc1[nH]ncc1-c1cc(Cl)c2nnc(N)cc2c1. The molecule has 90 valence electrons. The maximum Gasteiger partial charge on any atom is 0.146 e. The highest BCUT2D eigenvalue weighted by molar-refractivity contribution is 6.35. The Kier molecular flexibility index (Phi) is 2.41. The second-order valence-corrected chi connectivity index (χ2v) is 4.48. The number of nitrogens with zero attached hydrogens (tertiary/aromatic N) is 3. The van der Waals surface area contributed by atoms with Crippen molar-refractivity contribution in [3.63, 3.8) is 0 Å². The average molecular weight is 260 g/mol. The standard InChI is InChI=1S/C12H10ClN5/c1-6-9(5-15-16-6)7-2-8-4-11(14)17-18-12(8)10(13)3-7/h2-5H,1H3,(H2,14,17)(H,15,16). The molecule has 0 fully saturated rings. The van der Waals surface area contributed by atoms with Crippen LogP contribution in [0.4, 0.5) is 5.82 Å². The van der Waals surface area contributed by atoms with Crippen LogP contribution in [0, 0.1) is 6.92 Å². The normalized spacial score (nSPS) is 11.0. The van der Waals surface area contributed by atoms with E-state index in [1.54, 1.807) is 12.3 Å². The summed E-state index contributed by atoms with van der Waals surface area (Å²) in [6.07, 6.45) is 1.77. The zero-order valence-electron chi connectivity index (χ0n) is 9.61. The lowest BCUT2D eigenvalue weighted by molar-refractivity contribution is 1.05. The summed E-state index contributed by atoms with van der Waals surface area (Å²) in [5.74, 6) is 0.375. The van der Waals surface area contributed by atoms with E-state index < -0.39 is 0 Å². The number of nitrogens with one attached hydrogen (secondary N) is 1. The predicted octanol–water partition coefficient (Wildman–Crippen LogP) is 2.56. The number of rotatable bonds is 1. The number of hydrogen-bond donors (Lipinski definition) is 2. The minimum absolute atomic E-state index is 0.375. The zero-order valence-corrected chi connectivity index (χ0v) is 10.4. The van der Waals surface area contributed by atoms with Crippen LogP contribution in [-0.2, 0) is 0 Å². The second kappa shape index (κ2) is 3.96. The van der Waals surface area contributed by atoms with Crippen LogP contribution in [-0.4, -0.2) is 20.4 Å². The van der Waals surface area contributed by atoms with Crippen molar-refractivity contribution in [2.45, 2.75) is 6.92 Å². The minimum atomic E-state index is 0.375. The molecule has 18 heavy (non-hydrogen) atoms. The van der Waals surface area contributed by atoms with Gasteiger partial charge in [0.25, 0.3) is 0 Å². The van der Waals surface area contributed by atoms with Gasteiger partial charge < -0.3 is 5.73 Å². The van der Waals surface area contributed by atoms with E-state index in [0.717, 1.165) is 22.2 Å². The van der Waals surface area contributed by atoms with E-state index in [1.165, 1.54) is 0 Å². The van der Waals surface area contributed by atoms with Crippen LogP contribution in [0.2, 0.25) is 5.02 Å². The van der Waals surface area contributed by atoms with E-state index in [0.29, 0.717) is 16.4 Å². The Balaban J connectivity index is 2.30. The fourth-order valence-electron chi connectivity index (χ4n) is 1.93. The zero-order chi connectivity index (χ0) is 12.7. The van der Waals surface area contributed by atoms with E-state index in [-0.39, 0.29) is 0 Å². The van der Waals surface area contributed by atoms with Crippen molar-refractivity contribution in [1.29, 1.82) is 0 Å². The highest BCUT2D eigenvalue weighted by Crippen LogP contribution is 2.30. The number of anilines is 1. The van der Waals surface area contributed by atoms with Gasteiger partial charge in [0.05, 0.1) is 11.2 Å². The first kappa shape index (κ1) is 11.0. The van der Waals surface area contributed by atoms with Gasteiger partial charge >= 0.3 is 0 Å². The van der Waals surface area contributed by atoms with Crippen molar-refractivity contribution in [3.05, 3.63) is 35.1 Å². The summed E-state index contributed by atoms with van der Waals surface area (Å²) >= 11 is 6.21. The number of fused-ring (bicyclic) bond motifs is 1. The Bertz CT molecular complexity index is 734. The van der Waals surface area contributed by atoms with Gasteiger partial charge in [-0.25, -0.2) is 0 Å². The van der Waals surface area contributed by atoms with Crippen LogP contribution >= 0.6 is 11.6 Å². The van der Waals surface area contributed by atoms with Crippen LogP contribution in [0.15, 0.2) is 24.4 Å². The summed E-state index contributed by atoms with van der Waals surface area (Å²) in [5.41, 5.74) is 9.26. The minimum Gasteiger partial charge on any atom is -0.382 e. The molecule has 3 aromatic rings. The third-order valence-electron chi connectivity index (χ3n) is 2.80. The molecule has 2 heterocycles. The Morgan fingerprint density at radius 3 is 2.78 bits per heavy atom. The monoisotopic (exact) mass is 259 g/mol. The molecule has 0 aliphatic carbocycles. The lowest BCUT2D eigenvalue weighted by Gasteiger charge is -2.05. The lowest BCUT2D eigenvalue weighted by atomic mass is 10.0. The van der Waals surface area contributed by atoms with E-state index in [2.05, 4.69) is 20.4 Å². The van der Waals surface area contributed by atoms with E-state index in [9.17, 15) is 0 Å². The third kappa shape index (κ3) is 1.69. The topological polar surface area (TPSA) is 80.5 Å². The van der Waals surface area contributed by atoms with Crippen molar-refractivity contribution < 1.29 is 0 Å². The molecule has 0 saturated heterocycles. The molecular weight excluding hydrogens is 250 g/mol. The number of halogens is 1. The molecule has 6 heteroatoms. The van der Waals surface area contributed by atoms with Crippen molar-refractivity contribution >= 4 is 28.3 Å². The van der Waals surface area contributed by atoms with E-state index in [1.807, 2.05) is 19.1 Å². The number of aryl methyl sites for hydroxylation is 1. The first-order valence-corrected chi connectivity index (χ1v) is 5.76. The molecule has 0 radical (unpaired) electrons. The van der Waals surface area contributed by atoms with E-state index in [4.69, 9.17) is 17.3 Å². The maximum absolute atomic E-state index is 6.21. The van der Waals surface area contributed by atoms with Crippen LogP contribution < -0.4 is 5.73 Å². The van der Waals surface area contributed by atoms with Crippen molar-refractivity contribution in [3.8, 4) is 11.1 Å². The van der Waals surface area contributed by atoms with Crippen molar-refractivity contribution in [2.75, 3.05) is 5.73 Å². The summed E-state index contributed by atoms with van der Waals surface area (Å²) in [6, 6.07) is 5.59. The molecule has 0 atom stereocenters. The van der Waals surface area contributed by atoms with Gasteiger partial charge in [0.2, 0.25) is 0 Å². The number of nitrogens with two attached hydrogens (primary N) is 1. The van der Waals surface area contributed by atoms with Crippen LogP contribution in [0.3, 0.4) is 0 Å². The molecule has 0 amide bonds. The number of H-pyrrole nitrogens is 1. The fourth-order valence-corrected chi connectivity index (χ4v) is 2.19. The van der Waals surface area contributed by atoms with Gasteiger partial charge in [-0.1, -0.05) is 11.6 Å². The quantitative estimate of drug-likeness (QED) is 0.704. The number of benzene rings is 1. The Morgan fingerprint density at radius 2 is 2.06 bits per heavy atom. The summed E-state index contributed by atoms with van der Waals surface area (Å²) in [6.45, 7) is 1.96. The largest absolute Gasteiger partial charge is 0.382 e. The van der Waals surface area contributed by atoms with Gasteiger partial charge in [0.15, 0.2) is 0 Å². The Hall–Kier alpha value is -2.14. The smallest absolute Gasteiger partial charge is 0.146 e. The van der Waals surface area contributed by atoms with Crippen LogP contribution in [0.5, 0.6) is 0 Å². The number of aromatic amines is 1. The van der Waals surface area contributed by atoms with Crippen molar-refractivity contribution in [2.24, 2.45) is 0 Å². The maximum atomic E-state index is 6.21. The summed E-state index contributed by atoms with van der Waals surface area (Å²) in [5, 5.41) is 16.1. The predicted molar refractivity (Wildman–Crippen MR) is 71.3 cm³/mol. The molecule has 2 aromatic heterocycles. The van der Waals surface area contributed by atoms with Gasteiger partial charge in [-0.2, -0.15) is 5.10 Å².